The van der Waals surface area contributed by atoms with Crippen molar-refractivity contribution in [3.8, 4) is 0 Å². The van der Waals surface area contributed by atoms with Crippen molar-refractivity contribution >= 4 is 22.8 Å². The van der Waals surface area contributed by atoms with Crippen LogP contribution in [-0.2, 0) is 12.7 Å². The zero-order chi connectivity index (χ0) is 15.0. The zero-order valence-corrected chi connectivity index (χ0v) is 11.4. The average Bonchev–Trinajstić information content (AvgIpc) is 2.81. The van der Waals surface area contributed by atoms with Gasteiger partial charge in [-0.2, -0.15) is 13.2 Å². The number of nitrogens with zero attached hydrogens (tertiary/aromatic N) is 3. The minimum absolute atomic E-state index is 0.0273. The fraction of sp³-hybridized carbons (Fsp3) is 0.143. The molecule has 0 bridgehead atoms. The van der Waals surface area contributed by atoms with Gasteiger partial charge in [0.15, 0.2) is 5.65 Å². The van der Waals surface area contributed by atoms with E-state index in [0.29, 0.717) is 10.6 Å². The number of rotatable bonds is 2. The predicted octanol–water partition coefficient (Wildman–Crippen LogP) is 4.15. The molecular weight excluding hydrogens is 303 g/mol. The van der Waals surface area contributed by atoms with Crippen LogP contribution in [0.4, 0.5) is 13.2 Å². The van der Waals surface area contributed by atoms with Gasteiger partial charge in [-0.1, -0.05) is 23.7 Å². The molecule has 108 valence electrons. The van der Waals surface area contributed by atoms with E-state index in [1.54, 1.807) is 30.3 Å². The molecule has 0 N–H and O–H groups in total. The first-order valence-electron chi connectivity index (χ1n) is 6.08. The number of imidazole rings is 1. The van der Waals surface area contributed by atoms with Crippen LogP contribution in [0.15, 0.2) is 42.6 Å². The summed E-state index contributed by atoms with van der Waals surface area (Å²) in [6.07, 6.45) is -3.09. The Labute approximate surface area is 123 Å². The first-order valence-corrected chi connectivity index (χ1v) is 6.46. The molecule has 0 fully saturated rings. The molecule has 0 unspecified atom stereocenters. The Morgan fingerprint density at radius 3 is 2.48 bits per heavy atom. The lowest BCUT2D eigenvalue weighted by Gasteiger charge is -2.11. The SMILES string of the molecule is FC(F)(F)c1nc2cccnc2n1Cc1ccc(Cl)cc1. The van der Waals surface area contributed by atoms with Crippen LogP contribution in [0.1, 0.15) is 11.4 Å². The van der Waals surface area contributed by atoms with Crippen LogP contribution in [0.3, 0.4) is 0 Å². The summed E-state index contributed by atoms with van der Waals surface area (Å²) in [6, 6.07) is 9.69. The maximum atomic E-state index is 13.1. The van der Waals surface area contributed by atoms with Gasteiger partial charge in [0.25, 0.3) is 0 Å². The first-order chi connectivity index (χ1) is 9.95. The molecule has 21 heavy (non-hydrogen) atoms. The molecular formula is C14H9ClF3N3. The summed E-state index contributed by atoms with van der Waals surface area (Å²) in [7, 11) is 0. The molecule has 0 radical (unpaired) electrons. The number of aromatic nitrogens is 3. The Morgan fingerprint density at radius 2 is 1.81 bits per heavy atom. The molecule has 0 atom stereocenters. The molecule has 2 aromatic heterocycles. The molecule has 3 aromatic rings. The summed E-state index contributed by atoms with van der Waals surface area (Å²) in [4.78, 5) is 7.65. The fourth-order valence-electron chi connectivity index (χ4n) is 2.10. The molecule has 3 rings (SSSR count). The molecule has 0 saturated carbocycles. The molecule has 0 amide bonds. The van der Waals surface area contributed by atoms with E-state index in [2.05, 4.69) is 9.97 Å². The zero-order valence-electron chi connectivity index (χ0n) is 10.6. The number of benzene rings is 1. The maximum Gasteiger partial charge on any atom is 0.449 e. The highest BCUT2D eigenvalue weighted by atomic mass is 35.5. The normalized spacial score (nSPS) is 12.0. The molecule has 0 aliphatic carbocycles. The highest BCUT2D eigenvalue weighted by Crippen LogP contribution is 2.31. The maximum absolute atomic E-state index is 13.1. The third-order valence-corrected chi connectivity index (χ3v) is 3.26. The van der Waals surface area contributed by atoms with Gasteiger partial charge >= 0.3 is 6.18 Å². The summed E-state index contributed by atoms with van der Waals surface area (Å²) in [6.45, 7) is 0.0273. The molecule has 0 spiro atoms. The highest BCUT2D eigenvalue weighted by Gasteiger charge is 2.37. The van der Waals surface area contributed by atoms with Crippen molar-refractivity contribution in [2.24, 2.45) is 0 Å². The lowest BCUT2D eigenvalue weighted by atomic mass is 10.2. The van der Waals surface area contributed by atoms with Gasteiger partial charge in [0.2, 0.25) is 5.82 Å². The van der Waals surface area contributed by atoms with E-state index in [4.69, 9.17) is 11.6 Å². The van der Waals surface area contributed by atoms with E-state index in [9.17, 15) is 13.2 Å². The second kappa shape index (κ2) is 5.04. The minimum Gasteiger partial charge on any atom is -0.301 e. The van der Waals surface area contributed by atoms with E-state index >= 15 is 0 Å². The van der Waals surface area contributed by atoms with Gasteiger partial charge in [-0.05, 0) is 29.8 Å². The summed E-state index contributed by atoms with van der Waals surface area (Å²) < 4.78 is 40.4. The van der Waals surface area contributed by atoms with Gasteiger partial charge in [0, 0.05) is 11.2 Å². The number of pyridine rings is 1. The number of hydrogen-bond donors (Lipinski definition) is 0. The summed E-state index contributed by atoms with van der Waals surface area (Å²) in [5.41, 5.74) is 1.12. The summed E-state index contributed by atoms with van der Waals surface area (Å²) >= 11 is 5.78. The number of fused-ring (bicyclic) bond motifs is 1. The van der Waals surface area contributed by atoms with Crippen LogP contribution < -0.4 is 0 Å². The number of halogens is 4. The topological polar surface area (TPSA) is 30.7 Å². The lowest BCUT2D eigenvalue weighted by Crippen LogP contribution is -2.15. The predicted molar refractivity (Wildman–Crippen MR) is 73.1 cm³/mol. The van der Waals surface area contributed by atoms with Crippen molar-refractivity contribution in [1.82, 2.24) is 14.5 Å². The standard InChI is InChI=1S/C14H9ClF3N3/c15-10-5-3-9(4-6-10)8-21-12-11(2-1-7-19-12)20-13(21)14(16,17)18/h1-7H,8H2. The Morgan fingerprint density at radius 1 is 1.10 bits per heavy atom. The average molecular weight is 312 g/mol. The Hall–Kier alpha value is -2.08. The fourth-order valence-corrected chi connectivity index (χ4v) is 2.22. The molecule has 2 heterocycles. The van der Waals surface area contributed by atoms with Gasteiger partial charge in [-0.25, -0.2) is 9.97 Å². The molecule has 3 nitrogen and oxygen atoms in total. The van der Waals surface area contributed by atoms with Crippen molar-refractivity contribution in [2.75, 3.05) is 0 Å². The Kier molecular flexibility index (Phi) is 3.33. The van der Waals surface area contributed by atoms with Crippen molar-refractivity contribution < 1.29 is 13.2 Å². The smallest absolute Gasteiger partial charge is 0.301 e. The van der Waals surface area contributed by atoms with Crippen LogP contribution in [0.2, 0.25) is 5.02 Å². The van der Waals surface area contributed by atoms with Crippen molar-refractivity contribution in [3.63, 3.8) is 0 Å². The van der Waals surface area contributed by atoms with Gasteiger partial charge < -0.3 is 4.57 Å². The highest BCUT2D eigenvalue weighted by molar-refractivity contribution is 6.30. The molecule has 0 aliphatic rings. The van der Waals surface area contributed by atoms with E-state index < -0.39 is 12.0 Å². The van der Waals surface area contributed by atoms with E-state index in [-0.39, 0.29) is 17.7 Å². The largest absolute Gasteiger partial charge is 0.449 e. The van der Waals surface area contributed by atoms with Crippen molar-refractivity contribution in [2.45, 2.75) is 12.7 Å². The quantitative estimate of drug-likeness (QED) is 0.711. The van der Waals surface area contributed by atoms with Crippen molar-refractivity contribution in [1.29, 1.82) is 0 Å². The monoisotopic (exact) mass is 311 g/mol. The van der Waals surface area contributed by atoms with Crippen molar-refractivity contribution in [3.05, 3.63) is 59.0 Å². The first kappa shape index (κ1) is 13.9. The Bertz CT molecular complexity index is 778. The second-order valence-corrected chi connectivity index (χ2v) is 4.93. The third-order valence-electron chi connectivity index (χ3n) is 3.01. The van der Waals surface area contributed by atoms with E-state index in [0.717, 1.165) is 4.57 Å². The lowest BCUT2D eigenvalue weighted by molar-refractivity contribution is -0.146. The van der Waals surface area contributed by atoms with E-state index in [1.165, 1.54) is 12.3 Å². The van der Waals surface area contributed by atoms with Crippen LogP contribution in [0.25, 0.3) is 11.2 Å². The Balaban J connectivity index is 2.13. The van der Waals surface area contributed by atoms with Gasteiger partial charge in [-0.15, -0.1) is 0 Å². The number of alkyl halides is 3. The summed E-state index contributed by atoms with van der Waals surface area (Å²) in [5, 5.41) is 0.531. The molecule has 1 aromatic carbocycles. The number of hydrogen-bond acceptors (Lipinski definition) is 2. The van der Waals surface area contributed by atoms with Crippen LogP contribution in [-0.4, -0.2) is 14.5 Å². The molecule has 7 heteroatoms. The second-order valence-electron chi connectivity index (χ2n) is 4.49. The van der Waals surface area contributed by atoms with Gasteiger partial charge in [0.05, 0.1) is 6.54 Å². The molecule has 0 aliphatic heterocycles. The van der Waals surface area contributed by atoms with E-state index in [1.807, 2.05) is 0 Å². The molecule has 0 saturated heterocycles. The minimum atomic E-state index is -4.53. The van der Waals surface area contributed by atoms with Crippen LogP contribution >= 0.6 is 11.6 Å². The summed E-state index contributed by atoms with van der Waals surface area (Å²) in [5.74, 6) is -0.953. The van der Waals surface area contributed by atoms with Crippen LogP contribution in [0, 0.1) is 0 Å². The van der Waals surface area contributed by atoms with Gasteiger partial charge in [-0.3, -0.25) is 0 Å². The third kappa shape index (κ3) is 2.71. The van der Waals surface area contributed by atoms with Gasteiger partial charge in [0.1, 0.15) is 5.52 Å². The van der Waals surface area contributed by atoms with Crippen LogP contribution in [0.5, 0.6) is 0 Å².